The van der Waals surface area contributed by atoms with Gasteiger partial charge in [0.15, 0.2) is 0 Å². The van der Waals surface area contributed by atoms with Crippen LogP contribution in [0.2, 0.25) is 0 Å². The van der Waals surface area contributed by atoms with Crippen LogP contribution in [0.15, 0.2) is 30.9 Å². The van der Waals surface area contributed by atoms with Crippen molar-refractivity contribution >= 4 is 11.5 Å². The number of amidine groups is 1. The molecular formula is C10H11N3O2. The third kappa shape index (κ3) is 2.19. The van der Waals surface area contributed by atoms with Gasteiger partial charge in [0.05, 0.1) is 10.5 Å². The van der Waals surface area contributed by atoms with Gasteiger partial charge in [0.2, 0.25) is 0 Å². The maximum atomic E-state index is 10.7. The van der Waals surface area contributed by atoms with Crippen LogP contribution in [-0.2, 0) is 6.42 Å². The first-order chi connectivity index (χ1) is 7.07. The number of nitrogens with one attached hydrogen (secondary N) is 1. The number of nitrogens with two attached hydrogens (primary N) is 1. The van der Waals surface area contributed by atoms with Gasteiger partial charge in [-0.05, 0) is 12.0 Å². The lowest BCUT2D eigenvalue weighted by molar-refractivity contribution is -0.385. The van der Waals surface area contributed by atoms with E-state index in [0.29, 0.717) is 12.0 Å². The van der Waals surface area contributed by atoms with Crippen molar-refractivity contribution in [2.45, 2.75) is 6.42 Å². The van der Waals surface area contributed by atoms with E-state index >= 15 is 0 Å². The Morgan fingerprint density at radius 2 is 2.33 bits per heavy atom. The fraction of sp³-hybridized carbons (Fsp3) is 0.100. The number of hydrogen-bond acceptors (Lipinski definition) is 3. The summed E-state index contributed by atoms with van der Waals surface area (Å²) in [5.74, 6) is -0.292. The van der Waals surface area contributed by atoms with Crippen LogP contribution < -0.4 is 5.73 Å². The van der Waals surface area contributed by atoms with Crippen molar-refractivity contribution in [3.05, 3.63) is 52.1 Å². The summed E-state index contributed by atoms with van der Waals surface area (Å²) in [6.07, 6.45) is 2.07. The predicted octanol–water partition coefficient (Wildman–Crippen LogP) is 1.61. The lowest BCUT2D eigenvalue weighted by Crippen LogP contribution is -2.16. The maximum Gasteiger partial charge on any atom is 0.280 e. The quantitative estimate of drug-likeness (QED) is 0.257. The molecule has 0 bridgehead atoms. The highest BCUT2D eigenvalue weighted by molar-refractivity contribution is 6.00. The normalized spacial score (nSPS) is 9.60. The Hall–Kier alpha value is -2.17. The van der Waals surface area contributed by atoms with Crippen LogP contribution in [-0.4, -0.2) is 10.8 Å². The van der Waals surface area contributed by atoms with Crippen molar-refractivity contribution in [2.75, 3.05) is 0 Å². The van der Waals surface area contributed by atoms with Crippen molar-refractivity contribution in [2.24, 2.45) is 5.73 Å². The van der Waals surface area contributed by atoms with Crippen molar-refractivity contribution in [1.82, 2.24) is 0 Å². The molecule has 0 unspecified atom stereocenters. The third-order valence-corrected chi connectivity index (χ3v) is 1.96. The highest BCUT2D eigenvalue weighted by atomic mass is 16.6. The van der Waals surface area contributed by atoms with Crippen LogP contribution in [0.4, 0.5) is 5.69 Å². The monoisotopic (exact) mass is 205 g/mol. The summed E-state index contributed by atoms with van der Waals surface area (Å²) in [6.45, 7) is 3.55. The molecule has 0 amide bonds. The molecule has 0 aliphatic carbocycles. The lowest BCUT2D eigenvalue weighted by Gasteiger charge is -2.06. The molecular weight excluding hydrogens is 194 g/mol. The van der Waals surface area contributed by atoms with E-state index in [9.17, 15) is 10.1 Å². The number of rotatable bonds is 4. The largest absolute Gasteiger partial charge is 0.383 e. The SMILES string of the molecule is C=CCc1cccc([N+](=O)[O-])c1C(=N)N. The fourth-order valence-corrected chi connectivity index (χ4v) is 1.38. The lowest BCUT2D eigenvalue weighted by atomic mass is 10.0. The molecule has 78 valence electrons. The van der Waals surface area contributed by atoms with E-state index in [1.54, 1.807) is 18.2 Å². The molecule has 0 saturated heterocycles. The molecule has 1 rings (SSSR count). The van der Waals surface area contributed by atoms with E-state index in [1.807, 2.05) is 0 Å². The van der Waals surface area contributed by atoms with Crippen LogP contribution in [0.25, 0.3) is 0 Å². The molecule has 5 heteroatoms. The molecule has 0 fully saturated rings. The van der Waals surface area contributed by atoms with Gasteiger partial charge in [-0.1, -0.05) is 18.2 Å². The molecule has 15 heavy (non-hydrogen) atoms. The highest BCUT2D eigenvalue weighted by Gasteiger charge is 2.18. The van der Waals surface area contributed by atoms with E-state index in [2.05, 4.69) is 6.58 Å². The molecule has 0 saturated carbocycles. The second kappa shape index (κ2) is 4.36. The van der Waals surface area contributed by atoms with E-state index in [4.69, 9.17) is 11.1 Å². The molecule has 0 radical (unpaired) electrons. The summed E-state index contributed by atoms with van der Waals surface area (Å²) in [7, 11) is 0. The number of nitro groups is 1. The summed E-state index contributed by atoms with van der Waals surface area (Å²) in [6, 6.07) is 4.61. The molecule has 0 spiro atoms. The summed E-state index contributed by atoms with van der Waals surface area (Å²) >= 11 is 0. The first-order valence-electron chi connectivity index (χ1n) is 4.29. The first-order valence-corrected chi connectivity index (χ1v) is 4.29. The molecule has 0 heterocycles. The first kappa shape index (κ1) is 10.9. The van der Waals surface area contributed by atoms with Crippen molar-refractivity contribution in [3.63, 3.8) is 0 Å². The standard InChI is InChI=1S/C10H11N3O2/c1-2-4-7-5-3-6-8(13(14)15)9(7)10(11)12/h2-3,5-6H,1,4H2,(H3,11,12). The second-order valence-corrected chi connectivity index (χ2v) is 2.97. The molecule has 0 aliphatic rings. The highest BCUT2D eigenvalue weighted by Crippen LogP contribution is 2.22. The zero-order valence-electron chi connectivity index (χ0n) is 8.06. The zero-order valence-corrected chi connectivity index (χ0v) is 8.06. The summed E-state index contributed by atoms with van der Waals surface area (Å²) in [5.41, 5.74) is 6.02. The second-order valence-electron chi connectivity index (χ2n) is 2.97. The number of hydrogen-bond donors (Lipinski definition) is 2. The van der Waals surface area contributed by atoms with E-state index < -0.39 is 4.92 Å². The van der Waals surface area contributed by atoms with Gasteiger partial charge in [-0.15, -0.1) is 6.58 Å². The van der Waals surface area contributed by atoms with Crippen LogP contribution in [0.1, 0.15) is 11.1 Å². The van der Waals surface area contributed by atoms with Gasteiger partial charge in [-0.3, -0.25) is 15.5 Å². The minimum Gasteiger partial charge on any atom is -0.383 e. The average Bonchev–Trinajstić information content (AvgIpc) is 2.17. The Morgan fingerprint density at radius 1 is 1.67 bits per heavy atom. The minimum absolute atomic E-state index is 0.137. The predicted molar refractivity (Wildman–Crippen MR) is 58.0 cm³/mol. The number of nitrogens with zero attached hydrogens (tertiary/aromatic N) is 1. The number of nitrogen functional groups attached to an aromatic ring is 1. The summed E-state index contributed by atoms with van der Waals surface area (Å²) < 4.78 is 0. The average molecular weight is 205 g/mol. The number of nitro benzene ring substituents is 1. The van der Waals surface area contributed by atoms with Crippen LogP contribution in [0.5, 0.6) is 0 Å². The Morgan fingerprint density at radius 3 is 2.80 bits per heavy atom. The third-order valence-electron chi connectivity index (χ3n) is 1.96. The smallest absolute Gasteiger partial charge is 0.280 e. The number of allylic oxidation sites excluding steroid dienone is 1. The maximum absolute atomic E-state index is 10.7. The molecule has 1 aromatic carbocycles. The van der Waals surface area contributed by atoms with E-state index in [0.717, 1.165) is 0 Å². The van der Waals surface area contributed by atoms with Gasteiger partial charge in [-0.2, -0.15) is 0 Å². The van der Waals surface area contributed by atoms with Crippen LogP contribution >= 0.6 is 0 Å². The Labute approximate surface area is 86.9 Å². The number of benzene rings is 1. The Kier molecular flexibility index (Phi) is 3.17. The van der Waals surface area contributed by atoms with Crippen molar-refractivity contribution in [1.29, 1.82) is 5.41 Å². The fourth-order valence-electron chi connectivity index (χ4n) is 1.38. The van der Waals surface area contributed by atoms with Crippen LogP contribution in [0, 0.1) is 15.5 Å². The minimum atomic E-state index is -0.538. The summed E-state index contributed by atoms with van der Waals surface area (Å²) in [4.78, 5) is 10.2. The molecule has 3 N–H and O–H groups in total. The molecule has 1 aromatic rings. The van der Waals surface area contributed by atoms with Gasteiger partial charge in [0.1, 0.15) is 5.84 Å². The topological polar surface area (TPSA) is 93.0 Å². The van der Waals surface area contributed by atoms with Gasteiger partial charge in [0, 0.05) is 6.07 Å². The zero-order chi connectivity index (χ0) is 11.4. The summed E-state index contributed by atoms with van der Waals surface area (Å²) in [5, 5.41) is 18.0. The van der Waals surface area contributed by atoms with E-state index in [-0.39, 0.29) is 17.1 Å². The molecule has 0 atom stereocenters. The van der Waals surface area contributed by atoms with Gasteiger partial charge >= 0.3 is 0 Å². The van der Waals surface area contributed by atoms with Gasteiger partial charge < -0.3 is 5.73 Å². The Balaban J connectivity index is 3.40. The van der Waals surface area contributed by atoms with Crippen LogP contribution in [0.3, 0.4) is 0 Å². The van der Waals surface area contributed by atoms with E-state index in [1.165, 1.54) is 6.07 Å². The molecule has 0 aliphatic heterocycles. The van der Waals surface area contributed by atoms with Crippen molar-refractivity contribution < 1.29 is 4.92 Å². The molecule has 5 nitrogen and oxygen atoms in total. The Bertz CT molecular complexity index is 427. The van der Waals surface area contributed by atoms with Crippen molar-refractivity contribution in [3.8, 4) is 0 Å². The van der Waals surface area contributed by atoms with Gasteiger partial charge in [-0.25, -0.2) is 0 Å². The molecule has 0 aromatic heterocycles. The van der Waals surface area contributed by atoms with Gasteiger partial charge in [0.25, 0.3) is 5.69 Å².